The third-order valence-electron chi connectivity index (χ3n) is 4.28. The van der Waals surface area contributed by atoms with Gasteiger partial charge in [0.1, 0.15) is 11.5 Å². The van der Waals surface area contributed by atoms with Crippen molar-refractivity contribution in [1.29, 1.82) is 0 Å². The van der Waals surface area contributed by atoms with Crippen molar-refractivity contribution in [2.24, 2.45) is 0 Å². The minimum Gasteiger partial charge on any atom is -0.457 e. The van der Waals surface area contributed by atoms with E-state index in [-0.39, 0.29) is 0 Å². The predicted octanol–water partition coefficient (Wildman–Crippen LogP) is 3.66. The fourth-order valence-electron chi connectivity index (χ4n) is 2.97. The van der Waals surface area contributed by atoms with Crippen LogP contribution in [0, 0.1) is 0 Å². The molecular formula is C19H24N2O. The summed E-state index contributed by atoms with van der Waals surface area (Å²) >= 11 is 0. The maximum absolute atomic E-state index is 5.91. The first-order valence-corrected chi connectivity index (χ1v) is 8.05. The summed E-state index contributed by atoms with van der Waals surface area (Å²) in [5.41, 5.74) is 1.32. The van der Waals surface area contributed by atoms with Crippen LogP contribution in [0.15, 0.2) is 54.6 Å². The van der Waals surface area contributed by atoms with Crippen LogP contribution < -0.4 is 10.1 Å². The summed E-state index contributed by atoms with van der Waals surface area (Å²) in [6.07, 6.45) is 2.47. The standard InChI is InChI=1S/C19H24N2O/c1-20-17-10-12-21(13-11-17)15-16-6-5-9-19(14-16)22-18-7-3-2-4-8-18/h2-9,14,17,20H,10-13,15H2,1H3. The van der Waals surface area contributed by atoms with Crippen molar-refractivity contribution in [3.05, 3.63) is 60.2 Å². The second kappa shape index (κ2) is 7.43. The number of likely N-dealkylation sites (tertiary alicyclic amines) is 1. The highest BCUT2D eigenvalue weighted by Gasteiger charge is 2.17. The molecule has 0 aromatic heterocycles. The van der Waals surface area contributed by atoms with Gasteiger partial charge in [0, 0.05) is 12.6 Å². The Hall–Kier alpha value is -1.84. The normalized spacial score (nSPS) is 16.6. The maximum atomic E-state index is 5.91. The number of nitrogens with zero attached hydrogens (tertiary/aromatic N) is 1. The molecule has 0 aliphatic carbocycles. The lowest BCUT2D eigenvalue weighted by Gasteiger charge is -2.31. The Morgan fingerprint density at radius 2 is 1.73 bits per heavy atom. The third-order valence-corrected chi connectivity index (χ3v) is 4.28. The molecule has 0 saturated carbocycles. The third kappa shape index (κ3) is 4.09. The summed E-state index contributed by atoms with van der Waals surface area (Å²) in [4.78, 5) is 2.52. The average molecular weight is 296 g/mol. The van der Waals surface area contributed by atoms with Crippen molar-refractivity contribution >= 4 is 0 Å². The van der Waals surface area contributed by atoms with Crippen LogP contribution in [0.3, 0.4) is 0 Å². The summed E-state index contributed by atoms with van der Waals surface area (Å²) < 4.78 is 5.91. The topological polar surface area (TPSA) is 24.5 Å². The smallest absolute Gasteiger partial charge is 0.127 e. The number of nitrogens with one attached hydrogen (secondary N) is 1. The van der Waals surface area contributed by atoms with Crippen molar-refractivity contribution in [2.75, 3.05) is 20.1 Å². The number of para-hydroxylation sites is 1. The molecule has 1 aliphatic rings. The van der Waals surface area contributed by atoms with Gasteiger partial charge in [-0.1, -0.05) is 30.3 Å². The summed E-state index contributed by atoms with van der Waals surface area (Å²) in [6.45, 7) is 3.33. The van der Waals surface area contributed by atoms with Gasteiger partial charge < -0.3 is 10.1 Å². The highest BCUT2D eigenvalue weighted by atomic mass is 16.5. The minimum atomic E-state index is 0.684. The van der Waals surface area contributed by atoms with Crippen molar-refractivity contribution in [2.45, 2.75) is 25.4 Å². The summed E-state index contributed by atoms with van der Waals surface area (Å²) in [6, 6.07) is 19.1. The first-order valence-electron chi connectivity index (χ1n) is 8.05. The van der Waals surface area contributed by atoms with Gasteiger partial charge in [0.25, 0.3) is 0 Å². The van der Waals surface area contributed by atoms with Gasteiger partial charge in [-0.3, -0.25) is 4.90 Å². The molecule has 2 aromatic rings. The molecule has 1 aliphatic heterocycles. The fourth-order valence-corrected chi connectivity index (χ4v) is 2.97. The van der Waals surface area contributed by atoms with Crippen LogP contribution in [0.5, 0.6) is 11.5 Å². The van der Waals surface area contributed by atoms with Gasteiger partial charge in [0.15, 0.2) is 0 Å². The zero-order valence-electron chi connectivity index (χ0n) is 13.2. The van der Waals surface area contributed by atoms with Crippen LogP contribution in [-0.2, 0) is 6.54 Å². The van der Waals surface area contributed by atoms with E-state index in [1.54, 1.807) is 0 Å². The van der Waals surface area contributed by atoms with Crippen LogP contribution in [0.2, 0.25) is 0 Å². The molecule has 0 unspecified atom stereocenters. The second-order valence-electron chi connectivity index (χ2n) is 5.90. The Balaban J connectivity index is 1.60. The van der Waals surface area contributed by atoms with E-state index in [1.807, 2.05) is 36.4 Å². The molecule has 1 saturated heterocycles. The van der Waals surface area contributed by atoms with Crippen molar-refractivity contribution in [3.8, 4) is 11.5 Å². The van der Waals surface area contributed by atoms with E-state index in [0.29, 0.717) is 6.04 Å². The molecule has 2 aromatic carbocycles. The van der Waals surface area contributed by atoms with E-state index in [0.717, 1.165) is 31.1 Å². The first-order chi connectivity index (χ1) is 10.8. The number of hydrogen-bond donors (Lipinski definition) is 1. The highest BCUT2D eigenvalue weighted by Crippen LogP contribution is 2.23. The summed E-state index contributed by atoms with van der Waals surface area (Å²) in [7, 11) is 2.06. The van der Waals surface area contributed by atoms with Gasteiger partial charge >= 0.3 is 0 Å². The number of benzene rings is 2. The van der Waals surface area contributed by atoms with Gasteiger partial charge in [-0.15, -0.1) is 0 Å². The molecular weight excluding hydrogens is 272 g/mol. The SMILES string of the molecule is CNC1CCN(Cc2cccc(Oc3ccccc3)c2)CC1. The largest absolute Gasteiger partial charge is 0.457 e. The highest BCUT2D eigenvalue weighted by molar-refractivity contribution is 5.33. The van der Waals surface area contributed by atoms with Crippen LogP contribution in [0.25, 0.3) is 0 Å². The molecule has 3 heteroatoms. The number of hydrogen-bond acceptors (Lipinski definition) is 3. The Bertz CT molecular complexity index is 577. The van der Waals surface area contributed by atoms with Crippen molar-refractivity contribution in [1.82, 2.24) is 10.2 Å². The van der Waals surface area contributed by atoms with E-state index in [9.17, 15) is 0 Å². The first kappa shape index (κ1) is 15.1. The summed E-state index contributed by atoms with van der Waals surface area (Å²) in [5.74, 6) is 1.79. The van der Waals surface area contributed by atoms with Crippen LogP contribution in [0.4, 0.5) is 0 Å². The molecule has 22 heavy (non-hydrogen) atoms. The van der Waals surface area contributed by atoms with Gasteiger partial charge in [-0.25, -0.2) is 0 Å². The van der Waals surface area contributed by atoms with E-state index in [1.165, 1.54) is 18.4 Å². The Morgan fingerprint density at radius 3 is 2.45 bits per heavy atom. The molecule has 1 heterocycles. The predicted molar refractivity (Wildman–Crippen MR) is 90.3 cm³/mol. The van der Waals surface area contributed by atoms with Crippen LogP contribution in [-0.4, -0.2) is 31.1 Å². The fraction of sp³-hybridized carbons (Fsp3) is 0.368. The summed E-state index contributed by atoms with van der Waals surface area (Å²) in [5, 5.41) is 3.38. The lowest BCUT2D eigenvalue weighted by Crippen LogP contribution is -2.40. The van der Waals surface area contributed by atoms with E-state index in [2.05, 4.69) is 35.5 Å². The van der Waals surface area contributed by atoms with Crippen LogP contribution in [0.1, 0.15) is 18.4 Å². The Labute approximate surface area is 132 Å². The average Bonchev–Trinajstić information content (AvgIpc) is 2.57. The zero-order chi connectivity index (χ0) is 15.2. The molecule has 0 radical (unpaired) electrons. The number of rotatable bonds is 5. The van der Waals surface area contributed by atoms with E-state index >= 15 is 0 Å². The molecule has 116 valence electrons. The molecule has 0 spiro atoms. The van der Waals surface area contributed by atoms with E-state index in [4.69, 9.17) is 4.74 Å². The van der Waals surface area contributed by atoms with E-state index < -0.39 is 0 Å². The van der Waals surface area contributed by atoms with Crippen molar-refractivity contribution < 1.29 is 4.74 Å². The lowest BCUT2D eigenvalue weighted by molar-refractivity contribution is 0.194. The number of piperidine rings is 1. The molecule has 1 fully saturated rings. The molecule has 0 amide bonds. The van der Waals surface area contributed by atoms with Crippen molar-refractivity contribution in [3.63, 3.8) is 0 Å². The number of ether oxygens (including phenoxy) is 1. The molecule has 3 nitrogen and oxygen atoms in total. The zero-order valence-corrected chi connectivity index (χ0v) is 13.2. The maximum Gasteiger partial charge on any atom is 0.127 e. The van der Waals surface area contributed by atoms with Crippen LogP contribution >= 0.6 is 0 Å². The van der Waals surface area contributed by atoms with Gasteiger partial charge in [-0.05, 0) is 62.8 Å². The Morgan fingerprint density at radius 1 is 1.00 bits per heavy atom. The molecule has 3 rings (SSSR count). The Kier molecular flexibility index (Phi) is 5.09. The van der Waals surface area contributed by atoms with Gasteiger partial charge in [-0.2, -0.15) is 0 Å². The lowest BCUT2D eigenvalue weighted by atomic mass is 10.0. The van der Waals surface area contributed by atoms with Gasteiger partial charge in [0.2, 0.25) is 0 Å². The second-order valence-corrected chi connectivity index (χ2v) is 5.90. The molecule has 0 bridgehead atoms. The molecule has 0 atom stereocenters. The van der Waals surface area contributed by atoms with Gasteiger partial charge in [0.05, 0.1) is 0 Å². The quantitative estimate of drug-likeness (QED) is 0.911. The molecule has 1 N–H and O–H groups in total. The monoisotopic (exact) mass is 296 g/mol. The minimum absolute atomic E-state index is 0.684.